The van der Waals surface area contributed by atoms with E-state index in [1.165, 1.54) is 17.9 Å². The van der Waals surface area contributed by atoms with E-state index in [1.807, 2.05) is 0 Å². The summed E-state index contributed by atoms with van der Waals surface area (Å²) in [6, 6.07) is 8.09. The topological polar surface area (TPSA) is 116 Å². The van der Waals surface area contributed by atoms with E-state index in [1.54, 1.807) is 42.2 Å². The Bertz CT molecular complexity index is 1270. The smallest absolute Gasteiger partial charge is 0.245 e. The average molecular weight is 521 g/mol. The largest absolute Gasteiger partial charge is 0.352 e. The second-order valence-electron chi connectivity index (χ2n) is 9.15. The number of hydrogen-bond acceptors (Lipinski definition) is 5. The van der Waals surface area contributed by atoms with E-state index in [9.17, 15) is 22.8 Å². The average Bonchev–Trinajstić information content (AvgIpc) is 3.16. The van der Waals surface area contributed by atoms with E-state index >= 15 is 0 Å². The van der Waals surface area contributed by atoms with Crippen LogP contribution in [0.5, 0.6) is 0 Å². The minimum atomic E-state index is -3.95. The predicted molar refractivity (Wildman–Crippen MR) is 132 cm³/mol. The van der Waals surface area contributed by atoms with Gasteiger partial charge in [-0.25, -0.2) is 8.42 Å². The van der Waals surface area contributed by atoms with E-state index < -0.39 is 28.0 Å². The number of amides is 3. The van der Waals surface area contributed by atoms with Gasteiger partial charge in [-0.15, -0.1) is 0 Å². The van der Waals surface area contributed by atoms with Gasteiger partial charge in [-0.3, -0.25) is 14.4 Å². The Morgan fingerprint density at radius 3 is 2.54 bits per heavy atom. The molecular formula is C24H29ClN4O5S. The number of piperidine rings is 1. The zero-order valence-electron chi connectivity index (χ0n) is 19.7. The first-order valence-corrected chi connectivity index (χ1v) is 13.5. The maximum absolute atomic E-state index is 13.1. The van der Waals surface area contributed by atoms with Gasteiger partial charge in [0.05, 0.1) is 4.90 Å². The third-order valence-corrected chi connectivity index (χ3v) is 8.29. The molecular weight excluding hydrogens is 492 g/mol. The van der Waals surface area contributed by atoms with Gasteiger partial charge in [0.15, 0.2) is 0 Å². The summed E-state index contributed by atoms with van der Waals surface area (Å²) >= 11 is 6.00. The maximum atomic E-state index is 13.1. The number of sulfonamides is 1. The molecule has 11 heteroatoms. The normalized spacial score (nSPS) is 21.9. The first-order chi connectivity index (χ1) is 16.5. The molecule has 4 rings (SSSR count). The third kappa shape index (κ3) is 5.60. The monoisotopic (exact) mass is 520 g/mol. The summed E-state index contributed by atoms with van der Waals surface area (Å²) in [5.41, 5.74) is 0. The standard InChI is InChI=1S/C24H29ClN4O5S/c1-15(23(31)28-10-3-4-20(14-28)26-16(2)30)29-11-9-22(24(29)32)27-35(33,34)21-8-6-17-12-19(25)7-5-18(17)13-21/h5-8,12-13,15,20,22,27H,3-4,9-11,14H2,1-2H3,(H,26,30)/t15-,20?,22-/m0/s1. The summed E-state index contributed by atoms with van der Waals surface area (Å²) in [7, 11) is -3.95. The van der Waals surface area contributed by atoms with Crippen molar-refractivity contribution in [2.75, 3.05) is 19.6 Å². The molecule has 3 amide bonds. The number of fused-ring (bicyclic) bond motifs is 1. The first-order valence-electron chi connectivity index (χ1n) is 11.6. The van der Waals surface area contributed by atoms with Crippen LogP contribution >= 0.6 is 11.6 Å². The lowest BCUT2D eigenvalue weighted by molar-refractivity contribution is -0.144. The molecule has 2 N–H and O–H groups in total. The molecule has 2 aliphatic heterocycles. The predicted octanol–water partition coefficient (Wildman–Crippen LogP) is 1.89. The third-order valence-electron chi connectivity index (χ3n) is 6.59. The molecule has 3 atom stereocenters. The molecule has 0 saturated carbocycles. The van der Waals surface area contributed by atoms with Crippen molar-refractivity contribution >= 4 is 50.1 Å². The van der Waals surface area contributed by atoms with Crippen LogP contribution in [0, 0.1) is 0 Å². The number of carbonyl (C=O) groups is 3. The van der Waals surface area contributed by atoms with E-state index in [-0.39, 0.29) is 35.7 Å². The number of benzene rings is 2. The highest BCUT2D eigenvalue weighted by Gasteiger charge is 2.40. The van der Waals surface area contributed by atoms with E-state index in [2.05, 4.69) is 10.0 Å². The second-order valence-corrected chi connectivity index (χ2v) is 11.3. The number of carbonyl (C=O) groups excluding carboxylic acids is 3. The molecule has 35 heavy (non-hydrogen) atoms. The molecule has 2 aliphatic rings. The van der Waals surface area contributed by atoms with Crippen LogP contribution in [-0.4, -0.2) is 73.7 Å². The lowest BCUT2D eigenvalue weighted by atomic mass is 10.0. The summed E-state index contributed by atoms with van der Waals surface area (Å²) < 4.78 is 28.5. The van der Waals surface area contributed by atoms with Crippen LogP contribution in [-0.2, 0) is 24.4 Å². The van der Waals surface area contributed by atoms with Gasteiger partial charge >= 0.3 is 0 Å². The molecule has 0 spiro atoms. The zero-order chi connectivity index (χ0) is 25.3. The molecule has 0 aromatic heterocycles. The molecule has 9 nitrogen and oxygen atoms in total. The van der Waals surface area contributed by atoms with Crippen molar-refractivity contribution in [3.05, 3.63) is 41.4 Å². The van der Waals surface area contributed by atoms with E-state index in [4.69, 9.17) is 11.6 Å². The molecule has 0 radical (unpaired) electrons. The fraction of sp³-hybridized carbons (Fsp3) is 0.458. The highest BCUT2D eigenvalue weighted by molar-refractivity contribution is 7.89. The molecule has 2 heterocycles. The Balaban J connectivity index is 1.42. The highest BCUT2D eigenvalue weighted by Crippen LogP contribution is 2.24. The Kier molecular flexibility index (Phi) is 7.35. The molecule has 1 unspecified atom stereocenters. The fourth-order valence-corrected chi connectivity index (χ4v) is 6.23. The quantitative estimate of drug-likeness (QED) is 0.603. The van der Waals surface area contributed by atoms with Crippen LogP contribution in [0.1, 0.15) is 33.1 Å². The number of likely N-dealkylation sites (tertiary alicyclic amines) is 2. The van der Waals surface area contributed by atoms with Gasteiger partial charge in [-0.2, -0.15) is 4.72 Å². The first kappa shape index (κ1) is 25.4. The Labute approximate surface area is 209 Å². The van der Waals surface area contributed by atoms with Crippen molar-refractivity contribution in [3.63, 3.8) is 0 Å². The fourth-order valence-electron chi connectivity index (χ4n) is 4.79. The van der Waals surface area contributed by atoms with Crippen molar-refractivity contribution in [2.24, 2.45) is 0 Å². The molecule has 0 bridgehead atoms. The van der Waals surface area contributed by atoms with Crippen molar-refractivity contribution in [2.45, 2.75) is 56.1 Å². The summed E-state index contributed by atoms with van der Waals surface area (Å²) in [5, 5.41) is 4.93. The van der Waals surface area contributed by atoms with Gasteiger partial charge in [-0.1, -0.05) is 23.7 Å². The SMILES string of the molecule is CC(=O)NC1CCCN(C(=O)[C@H](C)N2CC[C@H](NS(=O)(=O)c3ccc4cc(Cl)ccc4c3)C2=O)C1. The molecule has 0 aliphatic carbocycles. The van der Waals surface area contributed by atoms with E-state index in [0.717, 1.165) is 23.6 Å². The minimum absolute atomic E-state index is 0.0556. The summed E-state index contributed by atoms with van der Waals surface area (Å²) in [4.78, 5) is 40.7. The Hall–Kier alpha value is -2.69. The Morgan fingerprint density at radius 1 is 1.09 bits per heavy atom. The number of hydrogen-bond donors (Lipinski definition) is 2. The lowest BCUT2D eigenvalue weighted by Gasteiger charge is -2.36. The van der Waals surface area contributed by atoms with Crippen molar-refractivity contribution in [3.8, 4) is 0 Å². The number of halogens is 1. The van der Waals surface area contributed by atoms with Crippen LogP contribution in [0.3, 0.4) is 0 Å². The molecule has 2 fully saturated rings. The molecule has 2 aromatic carbocycles. The van der Waals surface area contributed by atoms with Gasteiger partial charge in [0.2, 0.25) is 27.7 Å². The summed E-state index contributed by atoms with van der Waals surface area (Å²) in [6.45, 7) is 4.34. The minimum Gasteiger partial charge on any atom is -0.352 e. The zero-order valence-corrected chi connectivity index (χ0v) is 21.2. The molecule has 2 saturated heterocycles. The number of nitrogens with one attached hydrogen (secondary N) is 2. The van der Waals surface area contributed by atoms with Gasteiger partial charge in [0.25, 0.3) is 0 Å². The lowest BCUT2D eigenvalue weighted by Crippen LogP contribution is -2.55. The van der Waals surface area contributed by atoms with Crippen molar-refractivity contribution in [1.29, 1.82) is 0 Å². The van der Waals surface area contributed by atoms with Gasteiger partial charge in [0.1, 0.15) is 12.1 Å². The second kappa shape index (κ2) is 10.1. The molecule has 188 valence electrons. The summed E-state index contributed by atoms with van der Waals surface area (Å²) in [6.07, 6.45) is 1.83. The number of rotatable bonds is 6. The van der Waals surface area contributed by atoms with Crippen LogP contribution in [0.2, 0.25) is 5.02 Å². The van der Waals surface area contributed by atoms with Crippen molar-refractivity contribution in [1.82, 2.24) is 19.8 Å². The van der Waals surface area contributed by atoms with Crippen LogP contribution in [0.4, 0.5) is 0 Å². The van der Waals surface area contributed by atoms with Crippen LogP contribution in [0.15, 0.2) is 41.3 Å². The van der Waals surface area contributed by atoms with E-state index in [0.29, 0.717) is 18.1 Å². The molecule has 2 aromatic rings. The summed E-state index contributed by atoms with van der Waals surface area (Å²) in [5.74, 6) is -0.764. The van der Waals surface area contributed by atoms with Crippen LogP contribution < -0.4 is 10.0 Å². The maximum Gasteiger partial charge on any atom is 0.245 e. The van der Waals surface area contributed by atoms with Gasteiger partial charge < -0.3 is 15.1 Å². The van der Waals surface area contributed by atoms with Crippen LogP contribution in [0.25, 0.3) is 10.8 Å². The Morgan fingerprint density at radius 2 is 1.80 bits per heavy atom. The van der Waals surface area contributed by atoms with Crippen molar-refractivity contribution < 1.29 is 22.8 Å². The number of nitrogens with zero attached hydrogens (tertiary/aromatic N) is 2. The highest BCUT2D eigenvalue weighted by atomic mass is 35.5. The van der Waals surface area contributed by atoms with Gasteiger partial charge in [-0.05, 0) is 61.2 Å². The van der Waals surface area contributed by atoms with Gasteiger partial charge in [0, 0.05) is 37.6 Å².